The van der Waals surface area contributed by atoms with E-state index in [-0.39, 0.29) is 23.7 Å². The van der Waals surface area contributed by atoms with E-state index in [1.54, 1.807) is 18.8 Å². The maximum absolute atomic E-state index is 12.0. The number of carbonyl (C=O) groups is 2. The number of hydrogen-bond acceptors (Lipinski definition) is 3. The highest BCUT2D eigenvalue weighted by molar-refractivity contribution is 8.03. The Morgan fingerprint density at radius 3 is 2.67 bits per heavy atom. The molecule has 1 aromatic carbocycles. The average molecular weight is 259 g/mol. The average Bonchev–Trinajstić information content (AvgIpc) is 2.89. The molecule has 0 bridgehead atoms. The molecule has 0 saturated carbocycles. The van der Waals surface area contributed by atoms with Gasteiger partial charge in [-0.25, -0.2) is 0 Å². The van der Waals surface area contributed by atoms with Gasteiger partial charge >= 0.3 is 0 Å². The summed E-state index contributed by atoms with van der Waals surface area (Å²) in [5, 5.41) is 0. The van der Waals surface area contributed by atoms with Crippen LogP contribution in [0.5, 0.6) is 0 Å². The summed E-state index contributed by atoms with van der Waals surface area (Å²) < 4.78 is 0. The predicted molar refractivity (Wildman–Crippen MR) is 71.6 cm³/mol. The monoisotopic (exact) mass is 259 g/mol. The molecular weight excluding hydrogens is 246 g/mol. The quantitative estimate of drug-likeness (QED) is 0.724. The van der Waals surface area contributed by atoms with Crippen molar-refractivity contribution >= 4 is 29.7 Å². The Morgan fingerprint density at radius 1 is 1.22 bits per heavy atom. The van der Waals surface area contributed by atoms with E-state index in [0.717, 1.165) is 16.2 Å². The summed E-state index contributed by atoms with van der Waals surface area (Å²) in [4.78, 5) is 26.2. The largest absolute Gasteiger partial charge is 0.285 e. The van der Waals surface area contributed by atoms with E-state index in [2.05, 4.69) is 0 Å². The minimum absolute atomic E-state index is 0.0334. The molecule has 2 unspecified atom stereocenters. The highest BCUT2D eigenvalue weighted by Gasteiger charge is 2.51. The predicted octanol–water partition coefficient (Wildman–Crippen LogP) is 2.01. The van der Waals surface area contributed by atoms with Crippen LogP contribution in [0.2, 0.25) is 0 Å². The molecule has 4 heteroatoms. The van der Waals surface area contributed by atoms with E-state index in [0.29, 0.717) is 0 Å². The van der Waals surface area contributed by atoms with Crippen molar-refractivity contribution in [1.82, 2.24) is 4.90 Å². The topological polar surface area (TPSA) is 37.4 Å². The fourth-order valence-electron chi connectivity index (χ4n) is 2.49. The summed E-state index contributed by atoms with van der Waals surface area (Å²) in [6.45, 7) is 0. The summed E-state index contributed by atoms with van der Waals surface area (Å²) in [6.07, 6.45) is 2.03. The lowest BCUT2D eigenvalue weighted by Crippen LogP contribution is -2.27. The molecule has 2 aliphatic heterocycles. The summed E-state index contributed by atoms with van der Waals surface area (Å²) in [5.74, 6) is 0.236. The summed E-state index contributed by atoms with van der Waals surface area (Å²) >= 11 is 1.63. The Balaban J connectivity index is 1.95. The van der Waals surface area contributed by atoms with Gasteiger partial charge in [0, 0.05) is 12.8 Å². The Labute approximate surface area is 110 Å². The first-order valence-corrected chi connectivity index (χ1v) is 6.88. The molecular formula is C14H13NO2S. The van der Waals surface area contributed by atoms with Crippen molar-refractivity contribution in [2.75, 3.05) is 12.8 Å². The lowest BCUT2D eigenvalue weighted by atomic mass is 9.96. The van der Waals surface area contributed by atoms with Crippen LogP contribution in [0.15, 0.2) is 35.2 Å². The number of likely N-dealkylation sites (tertiary alicyclic amines) is 1. The highest BCUT2D eigenvalue weighted by Crippen LogP contribution is 2.46. The third-order valence-electron chi connectivity index (χ3n) is 3.49. The van der Waals surface area contributed by atoms with Crippen LogP contribution in [-0.4, -0.2) is 29.5 Å². The normalized spacial score (nSPS) is 29.2. The van der Waals surface area contributed by atoms with E-state index in [4.69, 9.17) is 0 Å². The van der Waals surface area contributed by atoms with Crippen LogP contribution in [0, 0.1) is 11.8 Å². The van der Waals surface area contributed by atoms with Gasteiger partial charge in [0.2, 0.25) is 11.8 Å². The van der Waals surface area contributed by atoms with E-state index in [1.165, 1.54) is 4.90 Å². The number of fused-ring (bicyclic) bond motifs is 1. The van der Waals surface area contributed by atoms with Crippen LogP contribution in [0.25, 0.3) is 6.08 Å². The third-order valence-corrected chi connectivity index (χ3v) is 4.72. The number of imide groups is 1. The summed E-state index contributed by atoms with van der Waals surface area (Å²) in [7, 11) is 1.58. The molecule has 3 nitrogen and oxygen atoms in total. The maximum atomic E-state index is 12.0. The third kappa shape index (κ3) is 1.68. The highest BCUT2D eigenvalue weighted by atomic mass is 32.2. The Hall–Kier alpha value is -1.55. The SMILES string of the molecule is CN1C(=O)C2CS/C(=C\c3ccccc3)C2C1=O. The van der Waals surface area contributed by atoms with Gasteiger partial charge in [-0.2, -0.15) is 0 Å². The van der Waals surface area contributed by atoms with Gasteiger partial charge in [0.25, 0.3) is 0 Å². The molecule has 1 aromatic rings. The number of thioether (sulfide) groups is 1. The fourth-order valence-corrected chi connectivity index (χ4v) is 3.86. The maximum Gasteiger partial charge on any atom is 0.237 e. The first kappa shape index (κ1) is 11.5. The molecule has 0 aromatic heterocycles. The smallest absolute Gasteiger partial charge is 0.237 e. The molecule has 0 N–H and O–H groups in total. The van der Waals surface area contributed by atoms with Crippen molar-refractivity contribution < 1.29 is 9.59 Å². The molecule has 2 fully saturated rings. The second-order valence-electron chi connectivity index (χ2n) is 4.59. The van der Waals surface area contributed by atoms with Gasteiger partial charge in [-0.05, 0) is 16.5 Å². The number of amides is 2. The minimum Gasteiger partial charge on any atom is -0.285 e. The Bertz CT molecular complexity index is 538. The minimum atomic E-state index is -0.243. The number of hydrogen-bond donors (Lipinski definition) is 0. The molecule has 18 heavy (non-hydrogen) atoms. The van der Waals surface area contributed by atoms with Crippen molar-refractivity contribution in [3.05, 3.63) is 40.8 Å². The van der Waals surface area contributed by atoms with Gasteiger partial charge in [-0.15, -0.1) is 11.8 Å². The van der Waals surface area contributed by atoms with Crippen LogP contribution in [0.4, 0.5) is 0 Å². The van der Waals surface area contributed by atoms with Gasteiger partial charge in [0.1, 0.15) is 0 Å². The van der Waals surface area contributed by atoms with E-state index in [1.807, 2.05) is 36.4 Å². The van der Waals surface area contributed by atoms with Gasteiger partial charge in [0.15, 0.2) is 0 Å². The standard InChI is InChI=1S/C14H13NO2S/c1-15-13(16)10-8-18-11(12(10)14(15)17)7-9-5-3-2-4-6-9/h2-7,10,12H,8H2,1H3/b11-7-. The molecule has 0 spiro atoms. The zero-order valence-corrected chi connectivity index (χ0v) is 10.8. The van der Waals surface area contributed by atoms with Gasteiger partial charge in [0.05, 0.1) is 11.8 Å². The number of nitrogens with zero attached hydrogens (tertiary/aromatic N) is 1. The molecule has 92 valence electrons. The molecule has 2 heterocycles. The van der Waals surface area contributed by atoms with Gasteiger partial charge in [-0.1, -0.05) is 30.3 Å². The molecule has 2 aliphatic rings. The van der Waals surface area contributed by atoms with E-state index < -0.39 is 0 Å². The molecule has 0 radical (unpaired) electrons. The molecule has 0 aliphatic carbocycles. The van der Waals surface area contributed by atoms with Crippen molar-refractivity contribution in [2.24, 2.45) is 11.8 Å². The first-order chi connectivity index (χ1) is 8.68. The van der Waals surface area contributed by atoms with Crippen molar-refractivity contribution in [1.29, 1.82) is 0 Å². The zero-order chi connectivity index (χ0) is 12.7. The molecule has 2 saturated heterocycles. The number of benzene rings is 1. The fraction of sp³-hybridized carbons (Fsp3) is 0.286. The van der Waals surface area contributed by atoms with Crippen LogP contribution >= 0.6 is 11.8 Å². The van der Waals surface area contributed by atoms with Crippen LogP contribution in [0.3, 0.4) is 0 Å². The molecule has 2 atom stereocenters. The molecule has 2 amide bonds. The Kier molecular flexibility index (Phi) is 2.74. The van der Waals surface area contributed by atoms with Crippen LogP contribution in [0.1, 0.15) is 5.56 Å². The summed E-state index contributed by atoms with van der Waals surface area (Å²) in [6, 6.07) is 9.91. The zero-order valence-electron chi connectivity index (χ0n) is 10.00. The lowest BCUT2D eigenvalue weighted by Gasteiger charge is -2.09. The van der Waals surface area contributed by atoms with Crippen molar-refractivity contribution in [2.45, 2.75) is 0 Å². The van der Waals surface area contributed by atoms with Gasteiger partial charge in [-0.3, -0.25) is 14.5 Å². The van der Waals surface area contributed by atoms with Crippen LogP contribution in [-0.2, 0) is 9.59 Å². The Morgan fingerprint density at radius 2 is 1.94 bits per heavy atom. The van der Waals surface area contributed by atoms with Crippen LogP contribution < -0.4 is 0 Å². The molecule has 3 rings (SSSR count). The second kappa shape index (κ2) is 4.28. The van der Waals surface area contributed by atoms with Gasteiger partial charge < -0.3 is 0 Å². The summed E-state index contributed by atoms with van der Waals surface area (Å²) in [5.41, 5.74) is 1.08. The van der Waals surface area contributed by atoms with E-state index in [9.17, 15) is 9.59 Å². The van der Waals surface area contributed by atoms with E-state index >= 15 is 0 Å². The van der Waals surface area contributed by atoms with Crippen molar-refractivity contribution in [3.63, 3.8) is 0 Å². The lowest BCUT2D eigenvalue weighted by molar-refractivity contribution is -0.137. The number of rotatable bonds is 1. The number of carbonyl (C=O) groups excluding carboxylic acids is 2. The first-order valence-electron chi connectivity index (χ1n) is 5.89. The van der Waals surface area contributed by atoms with Crippen molar-refractivity contribution in [3.8, 4) is 0 Å². The second-order valence-corrected chi connectivity index (χ2v) is 5.68.